The van der Waals surface area contributed by atoms with Crippen LogP contribution in [0.3, 0.4) is 0 Å². The number of aliphatic hydroxyl groups excluding tert-OH is 1. The maximum atomic E-state index is 9.45. The summed E-state index contributed by atoms with van der Waals surface area (Å²) in [5, 5.41) is 12.6. The third kappa shape index (κ3) is 2.23. The van der Waals surface area contributed by atoms with E-state index in [1.807, 2.05) is 6.92 Å². The van der Waals surface area contributed by atoms with Gasteiger partial charge in [-0.2, -0.15) is 9.97 Å². The number of nitrogens with zero attached hydrogens (tertiary/aromatic N) is 3. The second-order valence-electron chi connectivity index (χ2n) is 3.39. The van der Waals surface area contributed by atoms with Gasteiger partial charge in [0, 0.05) is 6.54 Å². The first kappa shape index (κ1) is 11.1. The van der Waals surface area contributed by atoms with Crippen molar-refractivity contribution >= 4 is 28.6 Å². The van der Waals surface area contributed by atoms with Crippen molar-refractivity contribution in [1.82, 2.24) is 19.9 Å². The molecule has 2 heterocycles. The van der Waals surface area contributed by atoms with Crippen LogP contribution in [0.5, 0.6) is 0 Å². The predicted molar refractivity (Wildman–Crippen MR) is 61.5 cm³/mol. The van der Waals surface area contributed by atoms with Gasteiger partial charge in [0.25, 0.3) is 0 Å². The molecule has 2 aromatic heterocycles. The summed E-state index contributed by atoms with van der Waals surface area (Å²) in [6.45, 7) is 2.32. The number of aromatic amines is 1. The summed E-state index contributed by atoms with van der Waals surface area (Å²) >= 11 is 5.75. The van der Waals surface area contributed by atoms with Crippen molar-refractivity contribution in [2.24, 2.45) is 0 Å². The lowest BCUT2D eigenvalue weighted by Crippen LogP contribution is -2.19. The molecule has 0 bridgehead atoms. The molecule has 0 aromatic carbocycles. The Morgan fingerprint density at radius 3 is 3.12 bits per heavy atom. The zero-order chi connectivity index (χ0) is 11.5. The Hall–Kier alpha value is -1.40. The van der Waals surface area contributed by atoms with Gasteiger partial charge in [-0.25, -0.2) is 4.98 Å². The maximum Gasteiger partial charge on any atom is 0.226 e. The van der Waals surface area contributed by atoms with E-state index in [1.54, 1.807) is 0 Å². The molecule has 2 rings (SSSR count). The molecule has 2 aromatic rings. The van der Waals surface area contributed by atoms with E-state index >= 15 is 0 Å². The van der Waals surface area contributed by atoms with Gasteiger partial charge in [0.2, 0.25) is 5.28 Å². The summed E-state index contributed by atoms with van der Waals surface area (Å²) in [6.07, 6.45) is 1.79. The van der Waals surface area contributed by atoms with Gasteiger partial charge in [-0.3, -0.25) is 0 Å². The average Bonchev–Trinajstić information content (AvgIpc) is 2.73. The van der Waals surface area contributed by atoms with Crippen molar-refractivity contribution in [3.8, 4) is 0 Å². The third-order valence-electron chi connectivity index (χ3n) is 2.23. The first-order valence-electron chi connectivity index (χ1n) is 4.99. The zero-order valence-corrected chi connectivity index (χ0v) is 9.49. The molecule has 0 aliphatic rings. The molecule has 0 saturated carbocycles. The van der Waals surface area contributed by atoms with Crippen LogP contribution in [-0.2, 0) is 0 Å². The molecular formula is C9H12ClN5O. The highest BCUT2D eigenvalue weighted by Crippen LogP contribution is 2.18. The Bertz CT molecular complexity index is 486. The van der Waals surface area contributed by atoms with Crippen LogP contribution < -0.4 is 5.32 Å². The van der Waals surface area contributed by atoms with Crippen LogP contribution in [-0.4, -0.2) is 37.7 Å². The molecular weight excluding hydrogens is 230 g/mol. The van der Waals surface area contributed by atoms with Gasteiger partial charge in [-0.05, 0) is 18.0 Å². The van der Waals surface area contributed by atoms with E-state index < -0.39 is 6.10 Å². The maximum absolute atomic E-state index is 9.45. The number of hydrogen-bond donors (Lipinski definition) is 3. The normalized spacial score (nSPS) is 12.9. The fourth-order valence-corrected chi connectivity index (χ4v) is 1.46. The molecule has 3 N–H and O–H groups in total. The molecule has 1 unspecified atom stereocenters. The topological polar surface area (TPSA) is 86.7 Å². The van der Waals surface area contributed by atoms with E-state index in [0.29, 0.717) is 29.9 Å². The van der Waals surface area contributed by atoms with Crippen LogP contribution in [0.4, 0.5) is 5.82 Å². The second kappa shape index (κ2) is 4.63. The molecule has 86 valence electrons. The Morgan fingerprint density at radius 1 is 1.56 bits per heavy atom. The first-order valence-corrected chi connectivity index (χ1v) is 5.37. The minimum absolute atomic E-state index is 0.132. The molecule has 0 radical (unpaired) electrons. The van der Waals surface area contributed by atoms with Gasteiger partial charge in [0.1, 0.15) is 5.52 Å². The lowest BCUT2D eigenvalue weighted by atomic mass is 10.3. The summed E-state index contributed by atoms with van der Waals surface area (Å²) in [5.41, 5.74) is 1.20. The molecule has 0 aliphatic heterocycles. The average molecular weight is 242 g/mol. The van der Waals surface area contributed by atoms with Crippen molar-refractivity contribution in [3.63, 3.8) is 0 Å². The fourth-order valence-electron chi connectivity index (χ4n) is 1.29. The van der Waals surface area contributed by atoms with Crippen LogP contribution in [0.25, 0.3) is 11.2 Å². The zero-order valence-electron chi connectivity index (χ0n) is 8.74. The van der Waals surface area contributed by atoms with Crippen LogP contribution in [0.2, 0.25) is 5.28 Å². The van der Waals surface area contributed by atoms with Crippen LogP contribution >= 0.6 is 11.6 Å². The molecule has 0 saturated heterocycles. The van der Waals surface area contributed by atoms with Gasteiger partial charge < -0.3 is 15.4 Å². The first-order chi connectivity index (χ1) is 7.70. The Kier molecular flexibility index (Phi) is 3.21. The number of aliphatic hydroxyl groups is 1. The minimum atomic E-state index is -0.410. The largest absolute Gasteiger partial charge is 0.391 e. The monoisotopic (exact) mass is 241 g/mol. The summed E-state index contributed by atoms with van der Waals surface area (Å²) in [4.78, 5) is 14.9. The minimum Gasteiger partial charge on any atom is -0.391 e. The van der Waals surface area contributed by atoms with E-state index in [4.69, 9.17) is 11.6 Å². The summed E-state index contributed by atoms with van der Waals surface area (Å²) < 4.78 is 0. The van der Waals surface area contributed by atoms with E-state index in [1.165, 1.54) is 6.33 Å². The number of anilines is 1. The number of nitrogens with one attached hydrogen (secondary N) is 2. The molecule has 1 atom stereocenters. The number of hydrogen-bond acceptors (Lipinski definition) is 5. The molecule has 6 nitrogen and oxygen atoms in total. The van der Waals surface area contributed by atoms with Crippen LogP contribution in [0.1, 0.15) is 13.3 Å². The molecule has 16 heavy (non-hydrogen) atoms. The Morgan fingerprint density at radius 2 is 2.38 bits per heavy atom. The van der Waals surface area contributed by atoms with Crippen LogP contribution in [0.15, 0.2) is 6.33 Å². The van der Waals surface area contributed by atoms with Gasteiger partial charge in [-0.15, -0.1) is 0 Å². The third-order valence-corrected chi connectivity index (χ3v) is 2.40. The number of halogens is 1. The number of rotatable bonds is 4. The molecule has 0 spiro atoms. The van der Waals surface area contributed by atoms with Crippen molar-refractivity contribution in [3.05, 3.63) is 11.6 Å². The molecule has 7 heteroatoms. The molecule has 0 aliphatic carbocycles. The van der Waals surface area contributed by atoms with Crippen molar-refractivity contribution in [1.29, 1.82) is 0 Å². The number of imidazole rings is 1. The van der Waals surface area contributed by atoms with Gasteiger partial charge in [0.15, 0.2) is 11.5 Å². The summed E-state index contributed by atoms with van der Waals surface area (Å²) in [5.74, 6) is 0.556. The Balaban J connectivity index is 2.25. The lowest BCUT2D eigenvalue weighted by Gasteiger charge is -2.10. The van der Waals surface area contributed by atoms with Crippen LogP contribution in [0, 0.1) is 0 Å². The fraction of sp³-hybridized carbons (Fsp3) is 0.444. The number of H-pyrrole nitrogens is 1. The van der Waals surface area contributed by atoms with E-state index in [2.05, 4.69) is 25.3 Å². The quantitative estimate of drug-likeness (QED) is 0.700. The highest BCUT2D eigenvalue weighted by atomic mass is 35.5. The lowest BCUT2D eigenvalue weighted by molar-refractivity contribution is 0.183. The van der Waals surface area contributed by atoms with Crippen molar-refractivity contribution in [2.75, 3.05) is 11.9 Å². The highest BCUT2D eigenvalue weighted by Gasteiger charge is 2.09. The van der Waals surface area contributed by atoms with E-state index in [9.17, 15) is 5.11 Å². The molecule has 0 amide bonds. The summed E-state index contributed by atoms with van der Waals surface area (Å²) in [7, 11) is 0. The van der Waals surface area contributed by atoms with Crippen molar-refractivity contribution in [2.45, 2.75) is 19.4 Å². The second-order valence-corrected chi connectivity index (χ2v) is 3.72. The SMILES string of the molecule is CCC(O)CNc1nc(Cl)nc2nc[nH]c12. The van der Waals surface area contributed by atoms with E-state index in [0.717, 1.165) is 0 Å². The summed E-state index contributed by atoms with van der Waals surface area (Å²) in [6, 6.07) is 0. The highest BCUT2D eigenvalue weighted by molar-refractivity contribution is 6.28. The Labute approximate surface area is 97.1 Å². The van der Waals surface area contributed by atoms with Gasteiger partial charge in [0.05, 0.1) is 12.4 Å². The van der Waals surface area contributed by atoms with Gasteiger partial charge >= 0.3 is 0 Å². The molecule has 0 fully saturated rings. The van der Waals surface area contributed by atoms with E-state index in [-0.39, 0.29) is 5.28 Å². The predicted octanol–water partition coefficient (Wildman–Crippen LogP) is 1.19. The number of aromatic nitrogens is 4. The smallest absolute Gasteiger partial charge is 0.226 e. The number of fused-ring (bicyclic) bond motifs is 1. The van der Waals surface area contributed by atoms with Crippen molar-refractivity contribution < 1.29 is 5.11 Å². The standard InChI is InChI=1S/C9H12ClN5O/c1-2-5(16)3-11-7-6-8(13-4-12-6)15-9(10)14-7/h4-5,16H,2-3H2,1H3,(H2,11,12,13,14,15). The van der Waals surface area contributed by atoms with Gasteiger partial charge in [-0.1, -0.05) is 6.92 Å².